The van der Waals surface area contributed by atoms with E-state index in [1.54, 1.807) is 0 Å². The molecule has 4 rings (SSSR count). The van der Waals surface area contributed by atoms with Gasteiger partial charge in [-0.25, -0.2) is 0 Å². The maximum absolute atomic E-state index is 9.45. The number of anilines is 2. The van der Waals surface area contributed by atoms with Crippen LogP contribution in [0.1, 0.15) is 11.3 Å². The lowest BCUT2D eigenvalue weighted by Crippen LogP contribution is -2.00. The summed E-state index contributed by atoms with van der Waals surface area (Å²) in [7, 11) is 0. The molecule has 0 saturated heterocycles. The highest BCUT2D eigenvalue weighted by Gasteiger charge is 2.12. The van der Waals surface area contributed by atoms with Gasteiger partial charge in [-0.05, 0) is 30.5 Å². The van der Waals surface area contributed by atoms with Crippen molar-refractivity contribution in [2.45, 2.75) is 6.92 Å². The van der Waals surface area contributed by atoms with Gasteiger partial charge in [0.15, 0.2) is 5.69 Å². The number of hydrogen-bond acceptors (Lipinski definition) is 4. The summed E-state index contributed by atoms with van der Waals surface area (Å²) in [5, 5.41) is 24.2. The Morgan fingerprint density at radius 3 is 2.62 bits per heavy atom. The average Bonchev–Trinajstić information content (AvgIpc) is 2.62. The molecule has 4 aromatic rings. The highest BCUT2D eigenvalue weighted by molar-refractivity contribution is 6.00. The third-order valence-corrected chi connectivity index (χ3v) is 4.07. The highest BCUT2D eigenvalue weighted by Crippen LogP contribution is 2.31. The number of nitrogens with zero attached hydrogens (tertiary/aromatic N) is 3. The van der Waals surface area contributed by atoms with Gasteiger partial charge in [-0.3, -0.25) is 0 Å². The number of fused-ring (bicyclic) bond motifs is 2. The first-order chi connectivity index (χ1) is 11.8. The summed E-state index contributed by atoms with van der Waals surface area (Å²) >= 11 is 0. The normalized spacial score (nSPS) is 10.7. The zero-order valence-corrected chi connectivity index (χ0v) is 13.1. The first-order valence-electron chi connectivity index (χ1n) is 7.68. The SMILES string of the molecule is Cc1ccc2nnc(C#N)c(Nc3cccc4ccccc34)c2c1. The second kappa shape index (κ2) is 5.64. The molecule has 0 unspecified atom stereocenters. The molecule has 3 aromatic carbocycles. The van der Waals surface area contributed by atoms with Crippen LogP contribution in [-0.4, -0.2) is 10.2 Å². The van der Waals surface area contributed by atoms with Gasteiger partial charge >= 0.3 is 0 Å². The molecule has 0 bridgehead atoms. The number of aryl methyl sites for hydroxylation is 1. The Morgan fingerprint density at radius 2 is 1.75 bits per heavy atom. The van der Waals surface area contributed by atoms with Crippen molar-refractivity contribution in [3.05, 3.63) is 71.9 Å². The van der Waals surface area contributed by atoms with Crippen LogP contribution in [0.3, 0.4) is 0 Å². The zero-order valence-electron chi connectivity index (χ0n) is 13.1. The fourth-order valence-electron chi connectivity index (χ4n) is 2.89. The number of nitrogens with one attached hydrogen (secondary N) is 1. The van der Waals surface area contributed by atoms with Gasteiger partial charge < -0.3 is 5.32 Å². The Bertz CT molecular complexity index is 1100. The fourth-order valence-corrected chi connectivity index (χ4v) is 2.89. The van der Waals surface area contributed by atoms with Gasteiger partial charge in [0.25, 0.3) is 0 Å². The van der Waals surface area contributed by atoms with Gasteiger partial charge in [0.05, 0.1) is 11.2 Å². The lowest BCUT2D eigenvalue weighted by Gasteiger charge is -2.13. The van der Waals surface area contributed by atoms with E-state index in [2.05, 4.69) is 39.8 Å². The quantitative estimate of drug-likeness (QED) is 0.582. The van der Waals surface area contributed by atoms with Gasteiger partial charge in [0.1, 0.15) is 6.07 Å². The highest BCUT2D eigenvalue weighted by atomic mass is 15.1. The van der Waals surface area contributed by atoms with Crippen LogP contribution in [0.4, 0.5) is 11.4 Å². The smallest absolute Gasteiger partial charge is 0.187 e. The van der Waals surface area contributed by atoms with Crippen molar-refractivity contribution in [2.24, 2.45) is 0 Å². The molecule has 1 aromatic heterocycles. The molecule has 0 amide bonds. The molecule has 0 atom stereocenters. The van der Waals surface area contributed by atoms with Crippen molar-refractivity contribution in [3.63, 3.8) is 0 Å². The van der Waals surface area contributed by atoms with E-state index >= 15 is 0 Å². The van der Waals surface area contributed by atoms with Crippen molar-refractivity contribution in [3.8, 4) is 6.07 Å². The third-order valence-electron chi connectivity index (χ3n) is 4.07. The summed E-state index contributed by atoms with van der Waals surface area (Å²) in [4.78, 5) is 0. The lowest BCUT2D eigenvalue weighted by atomic mass is 10.1. The van der Waals surface area contributed by atoms with Crippen molar-refractivity contribution in [1.29, 1.82) is 5.26 Å². The zero-order chi connectivity index (χ0) is 16.5. The maximum atomic E-state index is 9.45. The Labute approximate surface area is 139 Å². The van der Waals surface area contributed by atoms with Crippen LogP contribution in [-0.2, 0) is 0 Å². The molecule has 0 aliphatic heterocycles. The molecule has 1 heterocycles. The minimum Gasteiger partial charge on any atom is -0.352 e. The van der Waals surface area contributed by atoms with Crippen LogP contribution in [0.2, 0.25) is 0 Å². The molecular formula is C20H14N4. The summed E-state index contributed by atoms with van der Waals surface area (Å²) in [6, 6.07) is 22.3. The number of rotatable bonds is 2. The van der Waals surface area contributed by atoms with Gasteiger partial charge in [-0.2, -0.15) is 5.26 Å². The molecule has 0 aliphatic rings. The minimum absolute atomic E-state index is 0.293. The fraction of sp³-hybridized carbons (Fsp3) is 0.0500. The van der Waals surface area contributed by atoms with Crippen LogP contribution >= 0.6 is 0 Å². The number of aromatic nitrogens is 2. The molecule has 1 N–H and O–H groups in total. The van der Waals surface area contributed by atoms with Crippen molar-refractivity contribution in [2.75, 3.05) is 5.32 Å². The Kier molecular flexibility index (Phi) is 3.33. The predicted molar refractivity (Wildman–Crippen MR) is 96.2 cm³/mol. The van der Waals surface area contributed by atoms with E-state index in [1.807, 2.05) is 49.4 Å². The average molecular weight is 310 g/mol. The molecule has 24 heavy (non-hydrogen) atoms. The molecule has 0 saturated carbocycles. The van der Waals surface area contributed by atoms with E-state index in [4.69, 9.17) is 0 Å². The Morgan fingerprint density at radius 1 is 0.917 bits per heavy atom. The van der Waals surface area contributed by atoms with E-state index in [0.29, 0.717) is 11.4 Å². The van der Waals surface area contributed by atoms with E-state index in [0.717, 1.165) is 32.9 Å². The molecule has 0 fully saturated rings. The second-order valence-corrected chi connectivity index (χ2v) is 5.71. The minimum atomic E-state index is 0.293. The molecular weight excluding hydrogens is 296 g/mol. The van der Waals surface area contributed by atoms with Crippen LogP contribution in [0.15, 0.2) is 60.7 Å². The number of benzene rings is 3. The lowest BCUT2D eigenvalue weighted by molar-refractivity contribution is 1.05. The first-order valence-corrected chi connectivity index (χ1v) is 7.68. The monoisotopic (exact) mass is 310 g/mol. The third kappa shape index (κ3) is 2.33. The van der Waals surface area contributed by atoms with Gasteiger partial charge in [0.2, 0.25) is 0 Å². The van der Waals surface area contributed by atoms with Gasteiger partial charge in [0, 0.05) is 16.5 Å². The van der Waals surface area contributed by atoms with E-state index in [-0.39, 0.29) is 0 Å². The second-order valence-electron chi connectivity index (χ2n) is 5.71. The molecule has 4 heteroatoms. The van der Waals surface area contributed by atoms with E-state index in [9.17, 15) is 5.26 Å². The van der Waals surface area contributed by atoms with Crippen molar-refractivity contribution < 1.29 is 0 Å². The summed E-state index contributed by atoms with van der Waals surface area (Å²) in [5.74, 6) is 0. The summed E-state index contributed by atoms with van der Waals surface area (Å²) in [6.45, 7) is 2.02. The van der Waals surface area contributed by atoms with E-state index in [1.165, 1.54) is 0 Å². The Hall–Kier alpha value is -3.45. The molecule has 0 aliphatic carbocycles. The Balaban J connectivity index is 1.96. The number of nitriles is 1. The summed E-state index contributed by atoms with van der Waals surface area (Å²) in [6.07, 6.45) is 0. The molecule has 114 valence electrons. The standard InChI is InChI=1S/C20H14N4/c1-13-9-10-18-16(11-13)20(19(12-21)24-23-18)22-17-8-4-6-14-5-2-3-7-15(14)17/h2-11H,1H3,(H,22,23). The van der Waals surface area contributed by atoms with E-state index < -0.39 is 0 Å². The first kappa shape index (κ1) is 14.2. The molecule has 0 spiro atoms. The van der Waals surface area contributed by atoms with Crippen LogP contribution in [0.25, 0.3) is 21.7 Å². The van der Waals surface area contributed by atoms with Crippen molar-refractivity contribution in [1.82, 2.24) is 10.2 Å². The van der Waals surface area contributed by atoms with Crippen LogP contribution in [0.5, 0.6) is 0 Å². The molecule has 4 nitrogen and oxygen atoms in total. The van der Waals surface area contributed by atoms with Gasteiger partial charge in [-0.15, -0.1) is 10.2 Å². The van der Waals surface area contributed by atoms with Crippen LogP contribution < -0.4 is 5.32 Å². The van der Waals surface area contributed by atoms with Crippen LogP contribution in [0, 0.1) is 18.3 Å². The maximum Gasteiger partial charge on any atom is 0.187 e. The summed E-state index contributed by atoms with van der Waals surface area (Å²) < 4.78 is 0. The molecule has 0 radical (unpaired) electrons. The van der Waals surface area contributed by atoms with Gasteiger partial charge in [-0.1, -0.05) is 48.0 Å². The summed E-state index contributed by atoms with van der Waals surface area (Å²) in [5.41, 5.74) is 3.81. The largest absolute Gasteiger partial charge is 0.352 e. The number of hydrogen-bond donors (Lipinski definition) is 1. The van der Waals surface area contributed by atoms with Crippen molar-refractivity contribution >= 4 is 33.1 Å². The predicted octanol–water partition coefficient (Wildman–Crippen LogP) is 4.71. The topological polar surface area (TPSA) is 61.6 Å².